The predicted molar refractivity (Wildman–Crippen MR) is 124 cm³/mol. The number of carbonyl (C=O) groups is 2. The van der Waals surface area contributed by atoms with Gasteiger partial charge in [-0.25, -0.2) is 4.79 Å². The SMILES string of the molecule is CC(C)Oc1cccc(CNC(=O)NC(C)C(=O)Nc2cccc(N3CCCC3)c2)c1. The second-order valence-corrected chi connectivity index (χ2v) is 8.10. The largest absolute Gasteiger partial charge is 0.491 e. The number of benzene rings is 2. The Morgan fingerprint density at radius 3 is 2.52 bits per heavy atom. The summed E-state index contributed by atoms with van der Waals surface area (Å²) >= 11 is 0. The van der Waals surface area contributed by atoms with E-state index in [1.165, 1.54) is 12.8 Å². The summed E-state index contributed by atoms with van der Waals surface area (Å²) in [6.45, 7) is 8.02. The molecule has 0 bridgehead atoms. The average molecular weight is 425 g/mol. The number of hydrogen-bond acceptors (Lipinski definition) is 4. The molecule has 0 aliphatic carbocycles. The molecule has 1 fully saturated rings. The highest BCUT2D eigenvalue weighted by Gasteiger charge is 2.17. The minimum absolute atomic E-state index is 0.0851. The number of ether oxygens (including phenoxy) is 1. The number of carbonyl (C=O) groups excluding carboxylic acids is 2. The van der Waals surface area contributed by atoms with Crippen molar-refractivity contribution < 1.29 is 14.3 Å². The third-order valence-corrected chi connectivity index (χ3v) is 5.05. The van der Waals surface area contributed by atoms with Crippen molar-refractivity contribution in [1.29, 1.82) is 0 Å². The molecule has 3 N–H and O–H groups in total. The summed E-state index contributed by atoms with van der Waals surface area (Å²) in [7, 11) is 0. The fourth-order valence-electron chi connectivity index (χ4n) is 3.50. The normalized spacial score (nSPS) is 14.3. The first kappa shape index (κ1) is 22.5. The molecule has 0 aromatic heterocycles. The van der Waals surface area contributed by atoms with E-state index < -0.39 is 12.1 Å². The maximum absolute atomic E-state index is 12.5. The van der Waals surface area contributed by atoms with E-state index in [9.17, 15) is 9.59 Å². The molecule has 1 aliphatic heterocycles. The summed E-state index contributed by atoms with van der Waals surface area (Å²) in [6.07, 6.45) is 2.48. The van der Waals surface area contributed by atoms with Crippen LogP contribution in [0.2, 0.25) is 0 Å². The van der Waals surface area contributed by atoms with Gasteiger partial charge in [-0.2, -0.15) is 0 Å². The zero-order chi connectivity index (χ0) is 22.2. The van der Waals surface area contributed by atoms with Crippen LogP contribution in [0, 0.1) is 0 Å². The van der Waals surface area contributed by atoms with Gasteiger partial charge in [-0.05, 0) is 69.5 Å². The highest BCUT2D eigenvalue weighted by atomic mass is 16.5. The fourth-order valence-corrected chi connectivity index (χ4v) is 3.50. The van der Waals surface area contributed by atoms with Crippen LogP contribution < -0.4 is 25.6 Å². The van der Waals surface area contributed by atoms with Gasteiger partial charge in [0.05, 0.1) is 6.10 Å². The van der Waals surface area contributed by atoms with Gasteiger partial charge in [-0.1, -0.05) is 18.2 Å². The Hall–Kier alpha value is -3.22. The second-order valence-electron chi connectivity index (χ2n) is 8.10. The molecule has 3 amide bonds. The Labute approximate surface area is 184 Å². The van der Waals surface area contributed by atoms with Crippen molar-refractivity contribution in [2.45, 2.75) is 52.3 Å². The first-order chi connectivity index (χ1) is 14.9. The maximum atomic E-state index is 12.5. The van der Waals surface area contributed by atoms with Crippen LogP contribution >= 0.6 is 0 Å². The summed E-state index contributed by atoms with van der Waals surface area (Å²) in [4.78, 5) is 27.1. The first-order valence-electron chi connectivity index (χ1n) is 10.9. The standard InChI is InChI=1S/C24H32N4O3/c1-17(2)31-22-11-6-8-19(14-22)16-25-24(30)26-18(3)23(29)27-20-9-7-10-21(15-20)28-12-4-5-13-28/h6-11,14-15,17-18H,4-5,12-13,16H2,1-3H3,(H,27,29)(H2,25,26,30). The fraction of sp³-hybridized carbons (Fsp3) is 0.417. The number of nitrogens with one attached hydrogen (secondary N) is 3. The molecule has 166 valence electrons. The van der Waals surface area contributed by atoms with Gasteiger partial charge in [0, 0.05) is 31.0 Å². The summed E-state index contributed by atoms with van der Waals surface area (Å²) in [5.74, 6) is 0.500. The molecular formula is C24H32N4O3. The van der Waals surface area contributed by atoms with Gasteiger partial charge < -0.3 is 25.6 Å². The monoisotopic (exact) mass is 424 g/mol. The Bertz CT molecular complexity index is 894. The molecule has 0 saturated carbocycles. The highest BCUT2D eigenvalue weighted by Crippen LogP contribution is 2.23. The Balaban J connectivity index is 1.47. The van der Waals surface area contributed by atoms with Crippen LogP contribution in [-0.2, 0) is 11.3 Å². The van der Waals surface area contributed by atoms with Gasteiger partial charge in [-0.3, -0.25) is 4.79 Å². The molecule has 3 rings (SSSR count). The number of urea groups is 1. The zero-order valence-corrected chi connectivity index (χ0v) is 18.5. The molecule has 2 aromatic carbocycles. The van der Waals surface area contributed by atoms with Crippen LogP contribution in [0.1, 0.15) is 39.2 Å². The van der Waals surface area contributed by atoms with Crippen molar-refractivity contribution in [2.75, 3.05) is 23.3 Å². The third kappa shape index (κ3) is 6.91. The minimum Gasteiger partial charge on any atom is -0.491 e. The molecule has 1 unspecified atom stereocenters. The Morgan fingerprint density at radius 2 is 1.77 bits per heavy atom. The summed E-state index contributed by atoms with van der Waals surface area (Å²) in [6, 6.07) is 14.3. The van der Waals surface area contributed by atoms with E-state index in [4.69, 9.17) is 4.74 Å². The van der Waals surface area contributed by atoms with Crippen molar-refractivity contribution in [2.24, 2.45) is 0 Å². The van der Waals surface area contributed by atoms with Crippen molar-refractivity contribution in [3.63, 3.8) is 0 Å². The lowest BCUT2D eigenvalue weighted by atomic mass is 10.2. The quantitative estimate of drug-likeness (QED) is 0.600. The van der Waals surface area contributed by atoms with E-state index in [2.05, 4.69) is 26.9 Å². The molecule has 31 heavy (non-hydrogen) atoms. The van der Waals surface area contributed by atoms with Gasteiger partial charge >= 0.3 is 6.03 Å². The van der Waals surface area contributed by atoms with Crippen LogP contribution in [-0.4, -0.2) is 37.2 Å². The van der Waals surface area contributed by atoms with E-state index in [1.54, 1.807) is 6.92 Å². The summed E-state index contributed by atoms with van der Waals surface area (Å²) in [5, 5.41) is 8.35. The topological polar surface area (TPSA) is 82.7 Å². The molecular weight excluding hydrogens is 392 g/mol. The molecule has 2 aromatic rings. The molecule has 7 nitrogen and oxygen atoms in total. The molecule has 1 heterocycles. The molecule has 1 atom stereocenters. The summed E-state index contributed by atoms with van der Waals surface area (Å²) in [5.41, 5.74) is 2.76. The Morgan fingerprint density at radius 1 is 1.03 bits per heavy atom. The van der Waals surface area contributed by atoms with Gasteiger partial charge in [-0.15, -0.1) is 0 Å². The van der Waals surface area contributed by atoms with Crippen LogP contribution in [0.4, 0.5) is 16.2 Å². The van der Waals surface area contributed by atoms with Crippen LogP contribution in [0.25, 0.3) is 0 Å². The van der Waals surface area contributed by atoms with Crippen LogP contribution in [0.5, 0.6) is 5.75 Å². The number of nitrogens with zero attached hydrogens (tertiary/aromatic N) is 1. The molecule has 1 aliphatic rings. The lowest BCUT2D eigenvalue weighted by molar-refractivity contribution is -0.117. The van der Waals surface area contributed by atoms with E-state index in [1.807, 2.05) is 56.3 Å². The number of anilines is 2. The van der Waals surface area contributed by atoms with E-state index in [0.717, 1.165) is 35.8 Å². The van der Waals surface area contributed by atoms with Gasteiger partial charge in [0.1, 0.15) is 11.8 Å². The zero-order valence-electron chi connectivity index (χ0n) is 18.5. The molecule has 1 saturated heterocycles. The van der Waals surface area contributed by atoms with Gasteiger partial charge in [0.15, 0.2) is 0 Å². The average Bonchev–Trinajstić information content (AvgIpc) is 3.27. The minimum atomic E-state index is -0.675. The van der Waals surface area contributed by atoms with Crippen molar-refractivity contribution in [3.8, 4) is 5.75 Å². The third-order valence-electron chi connectivity index (χ3n) is 5.05. The maximum Gasteiger partial charge on any atom is 0.315 e. The van der Waals surface area contributed by atoms with Gasteiger partial charge in [0.25, 0.3) is 0 Å². The van der Waals surface area contributed by atoms with Crippen molar-refractivity contribution in [1.82, 2.24) is 10.6 Å². The van der Waals surface area contributed by atoms with E-state index >= 15 is 0 Å². The number of amides is 3. The lowest BCUT2D eigenvalue weighted by Gasteiger charge is -2.19. The number of rotatable bonds is 8. The van der Waals surface area contributed by atoms with Crippen molar-refractivity contribution >= 4 is 23.3 Å². The lowest BCUT2D eigenvalue weighted by Crippen LogP contribution is -2.46. The smallest absolute Gasteiger partial charge is 0.315 e. The van der Waals surface area contributed by atoms with Crippen molar-refractivity contribution in [3.05, 3.63) is 54.1 Å². The Kier molecular flexibility index (Phi) is 7.76. The highest BCUT2D eigenvalue weighted by molar-refractivity contribution is 5.97. The second kappa shape index (κ2) is 10.7. The molecule has 0 spiro atoms. The predicted octanol–water partition coefficient (Wildman–Crippen LogP) is 3.90. The van der Waals surface area contributed by atoms with Crippen LogP contribution in [0.3, 0.4) is 0 Å². The summed E-state index contributed by atoms with van der Waals surface area (Å²) < 4.78 is 5.67. The van der Waals surface area contributed by atoms with E-state index in [0.29, 0.717) is 6.54 Å². The van der Waals surface area contributed by atoms with E-state index in [-0.39, 0.29) is 12.0 Å². The van der Waals surface area contributed by atoms with Gasteiger partial charge in [0.2, 0.25) is 5.91 Å². The first-order valence-corrected chi connectivity index (χ1v) is 10.9. The molecule has 7 heteroatoms. The number of hydrogen-bond donors (Lipinski definition) is 3. The molecule has 0 radical (unpaired) electrons. The van der Waals surface area contributed by atoms with Crippen LogP contribution in [0.15, 0.2) is 48.5 Å².